The number of halogens is 3. The molecule has 0 unspecified atom stereocenters. The fourth-order valence-corrected chi connectivity index (χ4v) is 3.42. The van der Waals surface area contributed by atoms with Gasteiger partial charge in [0.25, 0.3) is 0 Å². The fraction of sp³-hybridized carbons (Fsp3) is 0.0435. The Bertz CT molecular complexity index is 1400. The Morgan fingerprint density at radius 3 is 2.48 bits per heavy atom. The number of carbonyl (C=O) groups excluding carboxylic acids is 1. The molecule has 0 fully saturated rings. The number of nitrogens with one attached hydrogen (secondary N) is 1. The average Bonchev–Trinajstić information content (AvgIpc) is 3.26. The maximum Gasteiger partial charge on any atom is 0.358 e. The van der Waals surface area contributed by atoms with Crippen molar-refractivity contribution in [3.05, 3.63) is 99.8 Å². The number of carboxylic acids is 1. The first-order valence-corrected chi connectivity index (χ1v) is 9.93. The zero-order chi connectivity index (χ0) is 23.7. The molecule has 0 saturated heterocycles. The summed E-state index contributed by atoms with van der Waals surface area (Å²) in [5.74, 6) is -3.04. The number of carboxylic acid groups (broad SMARTS) is 1. The van der Waals surface area contributed by atoms with E-state index in [0.717, 1.165) is 12.1 Å². The van der Waals surface area contributed by atoms with Gasteiger partial charge in [-0.3, -0.25) is 4.79 Å². The lowest BCUT2D eigenvalue weighted by Gasteiger charge is -2.12. The molecule has 166 valence electrons. The molecule has 2 N–H and O–H groups in total. The highest BCUT2D eigenvalue weighted by Crippen LogP contribution is 2.28. The third-order valence-electron chi connectivity index (χ3n) is 4.87. The molecule has 4 aromatic rings. The standard InChI is InChI=1S/C23H15ClF2N4O3/c1-12-2-5-15(30-11-21(23(32)33)28-29-30)10-17(12)22(31)16-6-4-14(9-18(16)24)27-20-7-3-13(25)8-19(20)26/h2-11,27H,1H3,(H,32,33). The minimum absolute atomic E-state index is 0.0589. The summed E-state index contributed by atoms with van der Waals surface area (Å²) in [5, 5.41) is 19.3. The number of benzene rings is 3. The molecule has 0 spiro atoms. The van der Waals surface area contributed by atoms with Gasteiger partial charge < -0.3 is 10.4 Å². The van der Waals surface area contributed by atoms with E-state index in [9.17, 15) is 18.4 Å². The molecule has 0 aliphatic heterocycles. The molecule has 0 saturated carbocycles. The number of aromatic carboxylic acids is 1. The predicted molar refractivity (Wildman–Crippen MR) is 118 cm³/mol. The topological polar surface area (TPSA) is 97.1 Å². The quantitative estimate of drug-likeness (QED) is 0.378. The Labute approximate surface area is 191 Å². The van der Waals surface area contributed by atoms with Crippen molar-refractivity contribution in [3.8, 4) is 5.69 Å². The van der Waals surface area contributed by atoms with Crippen LogP contribution in [0.25, 0.3) is 5.69 Å². The van der Waals surface area contributed by atoms with E-state index in [4.69, 9.17) is 16.7 Å². The van der Waals surface area contributed by atoms with Gasteiger partial charge in [0, 0.05) is 22.9 Å². The number of ketones is 1. The van der Waals surface area contributed by atoms with Gasteiger partial charge in [-0.2, -0.15) is 0 Å². The van der Waals surface area contributed by atoms with Gasteiger partial charge in [0.15, 0.2) is 11.5 Å². The summed E-state index contributed by atoms with van der Waals surface area (Å²) >= 11 is 6.35. The molecule has 0 radical (unpaired) electrons. The smallest absolute Gasteiger partial charge is 0.358 e. The first-order valence-electron chi connectivity index (χ1n) is 9.56. The molecule has 4 rings (SSSR count). The SMILES string of the molecule is Cc1ccc(-n2cc(C(=O)O)nn2)cc1C(=O)c1ccc(Nc2ccc(F)cc2F)cc1Cl. The minimum Gasteiger partial charge on any atom is -0.476 e. The number of hydrogen-bond acceptors (Lipinski definition) is 5. The molecule has 0 bridgehead atoms. The van der Waals surface area contributed by atoms with Gasteiger partial charge in [-0.05, 0) is 55.0 Å². The lowest BCUT2D eigenvalue weighted by atomic mass is 9.98. The van der Waals surface area contributed by atoms with E-state index in [-0.39, 0.29) is 27.8 Å². The van der Waals surface area contributed by atoms with Crippen LogP contribution in [0, 0.1) is 18.6 Å². The van der Waals surface area contributed by atoms with E-state index in [1.807, 2.05) is 0 Å². The average molecular weight is 469 g/mol. The van der Waals surface area contributed by atoms with Gasteiger partial charge >= 0.3 is 5.97 Å². The first-order chi connectivity index (χ1) is 15.7. The summed E-state index contributed by atoms with van der Waals surface area (Å²) in [6.07, 6.45) is 1.24. The molecule has 0 aliphatic carbocycles. The van der Waals surface area contributed by atoms with Gasteiger partial charge in [-0.25, -0.2) is 18.3 Å². The Hall–Kier alpha value is -4.11. The molecule has 1 heterocycles. The zero-order valence-corrected chi connectivity index (χ0v) is 17.8. The Balaban J connectivity index is 1.63. The largest absolute Gasteiger partial charge is 0.476 e. The fourth-order valence-electron chi connectivity index (χ4n) is 3.15. The van der Waals surface area contributed by atoms with E-state index in [2.05, 4.69) is 15.6 Å². The number of nitrogens with zero attached hydrogens (tertiary/aromatic N) is 3. The van der Waals surface area contributed by atoms with Crippen LogP contribution in [0.15, 0.2) is 60.8 Å². The van der Waals surface area contributed by atoms with Crippen LogP contribution in [0.2, 0.25) is 5.02 Å². The van der Waals surface area contributed by atoms with Crippen molar-refractivity contribution < 1.29 is 23.5 Å². The number of anilines is 2. The second kappa shape index (κ2) is 8.79. The molecule has 33 heavy (non-hydrogen) atoms. The molecule has 7 nitrogen and oxygen atoms in total. The molecular weight excluding hydrogens is 454 g/mol. The normalized spacial score (nSPS) is 10.8. The summed E-state index contributed by atoms with van der Waals surface area (Å²) in [5.41, 5.74) is 1.92. The second-order valence-electron chi connectivity index (χ2n) is 7.13. The van der Waals surface area contributed by atoms with Crippen LogP contribution in [0.1, 0.15) is 32.0 Å². The van der Waals surface area contributed by atoms with E-state index in [1.54, 1.807) is 31.2 Å². The summed E-state index contributed by atoms with van der Waals surface area (Å²) in [4.78, 5) is 24.2. The Morgan fingerprint density at radius 2 is 1.82 bits per heavy atom. The first kappa shape index (κ1) is 22.1. The van der Waals surface area contributed by atoms with Crippen LogP contribution < -0.4 is 5.32 Å². The number of rotatable bonds is 6. The van der Waals surface area contributed by atoms with Crippen LogP contribution in [0.4, 0.5) is 20.2 Å². The predicted octanol–water partition coefficient (Wildman–Crippen LogP) is 5.18. The molecule has 3 aromatic carbocycles. The van der Waals surface area contributed by atoms with Crippen LogP contribution >= 0.6 is 11.6 Å². The number of carbonyl (C=O) groups is 2. The van der Waals surface area contributed by atoms with Crippen molar-refractivity contribution in [2.24, 2.45) is 0 Å². The molecule has 0 atom stereocenters. The monoisotopic (exact) mass is 468 g/mol. The Kier molecular flexibility index (Phi) is 5.89. The third kappa shape index (κ3) is 4.58. The van der Waals surface area contributed by atoms with Gasteiger partial charge in [-0.15, -0.1) is 5.10 Å². The van der Waals surface area contributed by atoms with Crippen molar-refractivity contribution in [3.63, 3.8) is 0 Å². The van der Waals surface area contributed by atoms with Gasteiger partial charge in [0.1, 0.15) is 11.6 Å². The van der Waals surface area contributed by atoms with Crippen molar-refractivity contribution in [1.82, 2.24) is 15.0 Å². The van der Waals surface area contributed by atoms with Crippen LogP contribution in [-0.4, -0.2) is 31.9 Å². The summed E-state index contributed by atoms with van der Waals surface area (Å²) < 4.78 is 28.3. The van der Waals surface area contributed by atoms with Crippen LogP contribution in [0.5, 0.6) is 0 Å². The van der Waals surface area contributed by atoms with Gasteiger partial charge in [-0.1, -0.05) is 22.9 Å². The number of hydrogen-bond donors (Lipinski definition) is 2. The third-order valence-corrected chi connectivity index (χ3v) is 5.18. The van der Waals surface area contributed by atoms with Crippen molar-refractivity contribution in [1.29, 1.82) is 0 Å². The summed E-state index contributed by atoms with van der Waals surface area (Å²) in [7, 11) is 0. The van der Waals surface area contributed by atoms with Crippen molar-refractivity contribution in [2.75, 3.05) is 5.32 Å². The number of aromatic nitrogens is 3. The molecular formula is C23H15ClF2N4O3. The molecule has 0 amide bonds. The maximum absolute atomic E-state index is 13.9. The van der Waals surface area contributed by atoms with E-state index < -0.39 is 17.6 Å². The summed E-state index contributed by atoms with van der Waals surface area (Å²) in [6.45, 7) is 1.75. The highest BCUT2D eigenvalue weighted by atomic mass is 35.5. The van der Waals surface area contributed by atoms with Crippen molar-refractivity contribution >= 4 is 34.7 Å². The van der Waals surface area contributed by atoms with Gasteiger partial charge in [0.2, 0.25) is 0 Å². The van der Waals surface area contributed by atoms with Crippen molar-refractivity contribution in [2.45, 2.75) is 6.92 Å². The Morgan fingerprint density at radius 1 is 1.03 bits per heavy atom. The minimum atomic E-state index is -1.22. The van der Waals surface area contributed by atoms with Crippen LogP contribution in [0.3, 0.4) is 0 Å². The molecule has 10 heteroatoms. The second-order valence-corrected chi connectivity index (χ2v) is 7.53. The zero-order valence-electron chi connectivity index (χ0n) is 17.0. The van der Waals surface area contributed by atoms with E-state index >= 15 is 0 Å². The molecule has 0 aliphatic rings. The molecule has 1 aromatic heterocycles. The highest BCUT2D eigenvalue weighted by molar-refractivity contribution is 6.35. The maximum atomic E-state index is 13.9. The summed E-state index contributed by atoms with van der Waals surface area (Å²) in [6, 6.07) is 12.6. The van der Waals surface area contributed by atoms with E-state index in [1.165, 1.54) is 29.1 Å². The van der Waals surface area contributed by atoms with E-state index in [0.29, 0.717) is 22.5 Å². The number of aryl methyl sites for hydroxylation is 1. The lowest BCUT2D eigenvalue weighted by Crippen LogP contribution is -2.07. The lowest BCUT2D eigenvalue weighted by molar-refractivity contribution is 0.0690. The highest BCUT2D eigenvalue weighted by Gasteiger charge is 2.18. The van der Waals surface area contributed by atoms with Crippen LogP contribution in [-0.2, 0) is 0 Å². The van der Waals surface area contributed by atoms with Gasteiger partial charge in [0.05, 0.1) is 22.6 Å².